The van der Waals surface area contributed by atoms with Gasteiger partial charge in [0.2, 0.25) is 0 Å². The van der Waals surface area contributed by atoms with Crippen LogP contribution in [-0.4, -0.2) is 27.0 Å². The molecular formula is C11H14BrN3O2. The van der Waals surface area contributed by atoms with E-state index in [4.69, 9.17) is 11.5 Å². The van der Waals surface area contributed by atoms with Crippen molar-refractivity contribution in [1.82, 2.24) is 9.78 Å². The number of halogens is 1. The van der Waals surface area contributed by atoms with E-state index in [1.807, 2.05) is 13.8 Å². The molecule has 0 spiro atoms. The lowest BCUT2D eigenvalue weighted by molar-refractivity contribution is 0.266. The summed E-state index contributed by atoms with van der Waals surface area (Å²) in [7, 11) is 0. The number of nitrogens with zero attached hydrogens (tertiary/aromatic N) is 2. The second-order valence-electron chi connectivity index (χ2n) is 4.02. The molecule has 6 heteroatoms. The predicted octanol–water partition coefficient (Wildman–Crippen LogP) is 0.822. The minimum atomic E-state index is -0.570. The molecule has 0 amide bonds. The van der Waals surface area contributed by atoms with Gasteiger partial charge in [0.15, 0.2) is 0 Å². The number of terminal acetylenes is 1. The second-order valence-corrected chi connectivity index (χ2v) is 4.81. The molecule has 0 atom stereocenters. The molecule has 2 N–H and O–H groups in total. The minimum Gasteiger partial charge on any atom is -0.394 e. The molecule has 0 aromatic carbocycles. The van der Waals surface area contributed by atoms with E-state index >= 15 is 0 Å². The Bertz CT molecular complexity index is 502. The summed E-state index contributed by atoms with van der Waals surface area (Å²) in [6, 6.07) is 0. The van der Waals surface area contributed by atoms with Crippen molar-refractivity contribution in [2.75, 3.05) is 11.9 Å². The molecule has 1 heterocycles. The van der Waals surface area contributed by atoms with Gasteiger partial charge in [0.1, 0.15) is 4.47 Å². The lowest BCUT2D eigenvalue weighted by Crippen LogP contribution is -2.32. The van der Waals surface area contributed by atoms with Gasteiger partial charge in [0.05, 0.1) is 30.6 Å². The first-order valence-electron chi connectivity index (χ1n) is 5.03. The van der Waals surface area contributed by atoms with Crippen molar-refractivity contribution in [3.63, 3.8) is 0 Å². The molecule has 0 aliphatic carbocycles. The third-order valence-corrected chi connectivity index (χ3v) is 2.87. The summed E-state index contributed by atoms with van der Waals surface area (Å²) in [6.45, 7) is 3.66. The fraction of sp³-hybridized carbons (Fsp3) is 0.455. The Morgan fingerprint density at radius 1 is 1.71 bits per heavy atom. The third kappa shape index (κ3) is 3.32. The first-order chi connectivity index (χ1) is 7.91. The average Bonchev–Trinajstić information content (AvgIpc) is 2.29. The van der Waals surface area contributed by atoms with Crippen molar-refractivity contribution in [3.05, 3.63) is 21.0 Å². The topological polar surface area (TPSA) is 67.2 Å². The lowest BCUT2D eigenvalue weighted by Gasteiger charge is -2.21. The Morgan fingerprint density at radius 3 is 2.88 bits per heavy atom. The van der Waals surface area contributed by atoms with Crippen molar-refractivity contribution in [2.24, 2.45) is 0 Å². The van der Waals surface area contributed by atoms with Crippen molar-refractivity contribution in [1.29, 1.82) is 0 Å². The normalized spacial score (nSPS) is 11.0. The van der Waals surface area contributed by atoms with Crippen LogP contribution in [0.1, 0.15) is 13.8 Å². The summed E-state index contributed by atoms with van der Waals surface area (Å²) in [4.78, 5) is 11.8. The smallest absolute Gasteiger partial charge is 0.283 e. The Kier molecular flexibility index (Phi) is 4.32. The van der Waals surface area contributed by atoms with Crippen molar-refractivity contribution >= 4 is 21.6 Å². The Balaban J connectivity index is 3.10. The highest BCUT2D eigenvalue weighted by Crippen LogP contribution is 2.20. The average molecular weight is 300 g/mol. The highest BCUT2D eigenvalue weighted by Gasteiger charge is 2.17. The van der Waals surface area contributed by atoms with Gasteiger partial charge in [-0.15, -0.1) is 6.42 Å². The monoisotopic (exact) mass is 299 g/mol. The fourth-order valence-corrected chi connectivity index (χ4v) is 1.59. The number of aliphatic hydroxyl groups is 1. The van der Waals surface area contributed by atoms with Crippen LogP contribution < -0.4 is 10.9 Å². The first-order valence-corrected chi connectivity index (χ1v) is 5.83. The van der Waals surface area contributed by atoms with E-state index in [0.29, 0.717) is 10.2 Å². The summed E-state index contributed by atoms with van der Waals surface area (Å²) < 4.78 is 1.53. The number of hydrogen-bond acceptors (Lipinski definition) is 4. The molecule has 1 rings (SSSR count). The van der Waals surface area contributed by atoms with Gasteiger partial charge in [-0.3, -0.25) is 4.79 Å². The van der Waals surface area contributed by atoms with E-state index in [0.717, 1.165) is 0 Å². The molecule has 0 aliphatic heterocycles. The first kappa shape index (κ1) is 13.7. The molecule has 17 heavy (non-hydrogen) atoms. The van der Waals surface area contributed by atoms with Crippen LogP contribution in [0.2, 0.25) is 0 Å². The Labute approximate surface area is 108 Å². The number of rotatable bonds is 4. The van der Waals surface area contributed by atoms with Crippen molar-refractivity contribution < 1.29 is 5.11 Å². The van der Waals surface area contributed by atoms with Gasteiger partial charge in [-0.25, -0.2) is 4.68 Å². The number of hydrogen-bond donors (Lipinski definition) is 2. The largest absolute Gasteiger partial charge is 0.394 e. The summed E-state index contributed by atoms with van der Waals surface area (Å²) in [6.07, 6.45) is 6.86. The Hall–Kier alpha value is -1.32. The highest BCUT2D eigenvalue weighted by molar-refractivity contribution is 9.10. The van der Waals surface area contributed by atoms with Crippen molar-refractivity contribution in [3.8, 4) is 12.3 Å². The van der Waals surface area contributed by atoms with Gasteiger partial charge in [-0.2, -0.15) is 5.10 Å². The van der Waals surface area contributed by atoms with Crippen LogP contribution in [0.5, 0.6) is 0 Å². The summed E-state index contributed by atoms with van der Waals surface area (Å²) in [5.41, 5.74) is -0.344. The van der Waals surface area contributed by atoms with E-state index in [2.05, 4.69) is 32.3 Å². The Morgan fingerprint density at radius 2 is 2.35 bits per heavy atom. The maximum Gasteiger partial charge on any atom is 0.283 e. The molecule has 5 nitrogen and oxygen atoms in total. The molecule has 1 aromatic rings. The zero-order valence-corrected chi connectivity index (χ0v) is 11.3. The lowest BCUT2D eigenvalue weighted by atomic mass is 10.1. The van der Waals surface area contributed by atoms with E-state index in [1.54, 1.807) is 0 Å². The molecule has 0 fully saturated rings. The van der Waals surface area contributed by atoms with Crippen LogP contribution in [0.3, 0.4) is 0 Å². The van der Waals surface area contributed by atoms with Crippen LogP contribution in [0, 0.1) is 12.3 Å². The van der Waals surface area contributed by atoms with E-state index in [1.165, 1.54) is 10.9 Å². The van der Waals surface area contributed by atoms with Crippen LogP contribution in [0.25, 0.3) is 0 Å². The molecule has 0 radical (unpaired) electrons. The molecule has 0 bridgehead atoms. The summed E-state index contributed by atoms with van der Waals surface area (Å²) >= 11 is 3.20. The third-order valence-electron chi connectivity index (χ3n) is 2.10. The predicted molar refractivity (Wildman–Crippen MR) is 69.8 cm³/mol. The van der Waals surface area contributed by atoms with Gasteiger partial charge >= 0.3 is 0 Å². The summed E-state index contributed by atoms with van der Waals surface area (Å²) in [5.74, 6) is 2.57. The standard InChI is InChI=1S/C11H14BrN3O2/c1-4-11(2,3)14-8-7-13-15(5-6-16)10(17)9(8)12/h1,7,14,16H,5-6H2,2-3H3. The maximum atomic E-state index is 11.8. The maximum absolute atomic E-state index is 11.8. The van der Waals surface area contributed by atoms with Crippen molar-refractivity contribution in [2.45, 2.75) is 25.9 Å². The zero-order valence-electron chi connectivity index (χ0n) is 9.70. The number of anilines is 1. The zero-order chi connectivity index (χ0) is 13.1. The van der Waals surface area contributed by atoms with Crippen LogP contribution in [0.15, 0.2) is 15.5 Å². The number of aromatic nitrogens is 2. The molecular weight excluding hydrogens is 286 g/mol. The number of nitrogens with one attached hydrogen (secondary N) is 1. The molecule has 0 unspecified atom stereocenters. The molecule has 0 saturated carbocycles. The van der Waals surface area contributed by atoms with Gasteiger partial charge in [0, 0.05) is 0 Å². The SMILES string of the molecule is C#CC(C)(C)Nc1cnn(CCO)c(=O)c1Br. The van der Waals surface area contributed by atoms with Crippen LogP contribution in [0.4, 0.5) is 5.69 Å². The van der Waals surface area contributed by atoms with E-state index < -0.39 is 5.54 Å². The highest BCUT2D eigenvalue weighted by atomic mass is 79.9. The summed E-state index contributed by atoms with van der Waals surface area (Å²) in [5, 5.41) is 15.7. The van der Waals surface area contributed by atoms with Crippen LogP contribution in [-0.2, 0) is 6.54 Å². The second kappa shape index (κ2) is 5.34. The quantitative estimate of drug-likeness (QED) is 0.808. The van der Waals surface area contributed by atoms with E-state index in [9.17, 15) is 4.79 Å². The molecule has 0 aliphatic rings. The van der Waals surface area contributed by atoms with Gasteiger partial charge in [0.25, 0.3) is 5.56 Å². The molecule has 1 aromatic heterocycles. The molecule has 92 valence electrons. The van der Waals surface area contributed by atoms with Gasteiger partial charge < -0.3 is 10.4 Å². The van der Waals surface area contributed by atoms with Crippen LogP contribution >= 0.6 is 15.9 Å². The minimum absolute atomic E-state index is 0.137. The fourth-order valence-electron chi connectivity index (χ4n) is 1.18. The molecule has 0 saturated heterocycles. The van der Waals surface area contributed by atoms with Gasteiger partial charge in [-0.05, 0) is 29.8 Å². The number of aliphatic hydroxyl groups excluding tert-OH is 1. The van der Waals surface area contributed by atoms with E-state index in [-0.39, 0.29) is 18.7 Å². The van der Waals surface area contributed by atoms with Gasteiger partial charge in [-0.1, -0.05) is 5.92 Å².